The summed E-state index contributed by atoms with van der Waals surface area (Å²) in [6, 6.07) is 1.48. The molecule has 0 bridgehead atoms. The van der Waals surface area contributed by atoms with E-state index in [2.05, 4.69) is 20.9 Å². The van der Waals surface area contributed by atoms with E-state index in [9.17, 15) is 8.42 Å². The molecule has 2 N–H and O–H groups in total. The highest BCUT2D eigenvalue weighted by atomic mass is 79.9. The largest absolute Gasteiger partial charge is 0.383 e. The maximum Gasteiger partial charge on any atom is 0.247 e. The molecule has 0 amide bonds. The number of sulfonamides is 1. The van der Waals surface area contributed by atoms with Gasteiger partial charge >= 0.3 is 0 Å². The molecule has 1 atom stereocenters. The second-order valence-corrected chi connectivity index (χ2v) is 8.00. The van der Waals surface area contributed by atoms with Crippen molar-refractivity contribution in [2.24, 2.45) is 0 Å². The molecule has 1 saturated heterocycles. The molecule has 1 aromatic heterocycles. The maximum atomic E-state index is 12.5. The third-order valence-electron chi connectivity index (χ3n) is 2.74. The lowest BCUT2D eigenvalue weighted by molar-refractivity contribution is 0.367. The van der Waals surface area contributed by atoms with E-state index in [0.717, 1.165) is 11.5 Å². The number of hydrogen-bond donors (Lipinski definition) is 1. The van der Waals surface area contributed by atoms with Crippen molar-refractivity contribution >= 4 is 43.5 Å². The van der Waals surface area contributed by atoms with Crippen LogP contribution in [0.2, 0.25) is 0 Å². The van der Waals surface area contributed by atoms with Crippen LogP contribution in [0, 0.1) is 0 Å². The smallest absolute Gasteiger partial charge is 0.247 e. The summed E-state index contributed by atoms with van der Waals surface area (Å²) in [5.74, 6) is 1.66. The number of aromatic nitrogens is 1. The molecule has 1 aromatic rings. The van der Waals surface area contributed by atoms with Crippen LogP contribution in [0.1, 0.15) is 6.92 Å². The molecule has 1 aliphatic rings. The Kier molecular flexibility index (Phi) is 4.20. The summed E-state index contributed by atoms with van der Waals surface area (Å²) in [6.07, 6.45) is 1.49. The number of halogens is 1. The number of thioether (sulfide) groups is 1. The van der Waals surface area contributed by atoms with Gasteiger partial charge in [-0.1, -0.05) is 0 Å². The summed E-state index contributed by atoms with van der Waals surface area (Å²) in [6.45, 7) is 2.42. The van der Waals surface area contributed by atoms with Gasteiger partial charge in [0.25, 0.3) is 0 Å². The van der Waals surface area contributed by atoms with E-state index in [4.69, 9.17) is 5.73 Å². The molecule has 1 unspecified atom stereocenters. The summed E-state index contributed by atoms with van der Waals surface area (Å²) in [4.78, 5) is 3.96. The minimum atomic E-state index is -3.56. The highest BCUT2D eigenvalue weighted by Crippen LogP contribution is 2.28. The van der Waals surface area contributed by atoms with Crippen molar-refractivity contribution in [1.82, 2.24) is 9.29 Å². The van der Waals surface area contributed by atoms with Crippen molar-refractivity contribution in [1.29, 1.82) is 0 Å². The summed E-state index contributed by atoms with van der Waals surface area (Å²) >= 11 is 4.99. The van der Waals surface area contributed by atoms with E-state index in [-0.39, 0.29) is 16.8 Å². The van der Waals surface area contributed by atoms with E-state index in [0.29, 0.717) is 11.0 Å². The molecular formula is C10H14BrN3O2S2. The Morgan fingerprint density at radius 2 is 2.33 bits per heavy atom. The first-order valence-electron chi connectivity index (χ1n) is 5.43. The topological polar surface area (TPSA) is 76.3 Å². The minimum absolute atomic E-state index is 0.0212. The molecule has 18 heavy (non-hydrogen) atoms. The molecule has 2 rings (SSSR count). The molecule has 0 radical (unpaired) electrons. The van der Waals surface area contributed by atoms with Crippen LogP contribution < -0.4 is 5.73 Å². The van der Waals surface area contributed by atoms with E-state index < -0.39 is 10.0 Å². The van der Waals surface area contributed by atoms with Crippen LogP contribution in [0.4, 0.5) is 5.82 Å². The minimum Gasteiger partial charge on any atom is -0.383 e. The first kappa shape index (κ1) is 14.1. The van der Waals surface area contributed by atoms with Gasteiger partial charge in [-0.05, 0) is 28.9 Å². The van der Waals surface area contributed by atoms with Crippen LogP contribution in [0.15, 0.2) is 21.6 Å². The molecule has 1 aliphatic heterocycles. The maximum absolute atomic E-state index is 12.5. The molecular weight excluding hydrogens is 338 g/mol. The van der Waals surface area contributed by atoms with Gasteiger partial charge in [0.2, 0.25) is 10.0 Å². The van der Waals surface area contributed by atoms with Crippen molar-refractivity contribution in [2.75, 3.05) is 23.8 Å². The Morgan fingerprint density at radius 1 is 1.61 bits per heavy atom. The van der Waals surface area contributed by atoms with Crippen LogP contribution in [0.5, 0.6) is 0 Å². The fourth-order valence-electron chi connectivity index (χ4n) is 1.83. The number of hydrogen-bond acceptors (Lipinski definition) is 5. The Morgan fingerprint density at radius 3 is 3.00 bits per heavy atom. The molecule has 0 spiro atoms. The van der Waals surface area contributed by atoms with Gasteiger partial charge in [0.05, 0.1) is 0 Å². The fraction of sp³-hybridized carbons (Fsp3) is 0.500. The predicted octanol–water partition coefficient (Wildman–Crippen LogP) is 1.55. The molecule has 1 fully saturated rings. The van der Waals surface area contributed by atoms with Crippen LogP contribution in [-0.4, -0.2) is 41.8 Å². The molecule has 0 aromatic carbocycles. The van der Waals surface area contributed by atoms with Crippen LogP contribution in [0.3, 0.4) is 0 Å². The lowest BCUT2D eigenvalue weighted by atomic mass is 10.4. The van der Waals surface area contributed by atoms with Crippen molar-refractivity contribution in [2.45, 2.75) is 17.9 Å². The number of pyridine rings is 1. The molecule has 8 heteroatoms. The summed E-state index contributed by atoms with van der Waals surface area (Å²) in [5, 5.41) is 0. The molecule has 5 nitrogen and oxygen atoms in total. The van der Waals surface area contributed by atoms with Gasteiger partial charge in [0.15, 0.2) is 0 Å². The molecule has 0 aliphatic carbocycles. The van der Waals surface area contributed by atoms with Crippen LogP contribution in [0.25, 0.3) is 0 Å². The SMILES string of the molecule is CC1CSCCN1S(=O)(=O)c1cc(Br)cnc1N. The quantitative estimate of drug-likeness (QED) is 0.874. The molecule has 0 saturated carbocycles. The monoisotopic (exact) mass is 351 g/mol. The highest BCUT2D eigenvalue weighted by Gasteiger charge is 2.33. The van der Waals surface area contributed by atoms with Crippen molar-refractivity contribution in [3.8, 4) is 0 Å². The Balaban J connectivity index is 2.44. The number of nitrogens with zero attached hydrogens (tertiary/aromatic N) is 2. The zero-order chi connectivity index (χ0) is 13.3. The normalized spacial score (nSPS) is 22.0. The predicted molar refractivity (Wildman–Crippen MR) is 77.0 cm³/mol. The first-order chi connectivity index (χ1) is 8.43. The van der Waals surface area contributed by atoms with Gasteiger partial charge < -0.3 is 5.73 Å². The standard InChI is InChI=1S/C10H14BrN3O2S2/c1-7-6-17-3-2-14(7)18(15,16)9-4-8(11)5-13-10(9)12/h4-5,7H,2-3,6H2,1H3,(H2,12,13). The summed E-state index contributed by atoms with van der Waals surface area (Å²) < 4.78 is 27.2. The van der Waals surface area contributed by atoms with Crippen molar-refractivity contribution in [3.05, 3.63) is 16.7 Å². The van der Waals surface area contributed by atoms with Gasteiger partial charge in [-0.2, -0.15) is 16.1 Å². The molecule has 2 heterocycles. The Bertz CT molecular complexity index is 550. The van der Waals surface area contributed by atoms with E-state index in [1.807, 2.05) is 6.92 Å². The van der Waals surface area contributed by atoms with E-state index >= 15 is 0 Å². The van der Waals surface area contributed by atoms with Gasteiger partial charge in [-0.3, -0.25) is 0 Å². The second kappa shape index (κ2) is 5.36. The summed E-state index contributed by atoms with van der Waals surface area (Å²) in [7, 11) is -3.56. The van der Waals surface area contributed by atoms with Crippen molar-refractivity contribution < 1.29 is 8.42 Å². The van der Waals surface area contributed by atoms with Gasteiger partial charge in [0, 0.05) is 34.8 Å². The van der Waals surface area contributed by atoms with Crippen LogP contribution in [-0.2, 0) is 10.0 Å². The lowest BCUT2D eigenvalue weighted by Crippen LogP contribution is -2.44. The first-order valence-corrected chi connectivity index (χ1v) is 8.82. The number of anilines is 1. The second-order valence-electron chi connectivity index (χ2n) is 4.08. The average molecular weight is 352 g/mol. The number of nitrogen functional groups attached to an aromatic ring is 1. The lowest BCUT2D eigenvalue weighted by Gasteiger charge is -2.32. The van der Waals surface area contributed by atoms with E-state index in [1.165, 1.54) is 16.6 Å². The Labute approximate surface area is 119 Å². The average Bonchev–Trinajstić information content (AvgIpc) is 2.32. The van der Waals surface area contributed by atoms with Crippen LogP contribution >= 0.6 is 27.7 Å². The zero-order valence-electron chi connectivity index (χ0n) is 9.84. The number of rotatable bonds is 2. The third-order valence-corrected chi connectivity index (χ3v) is 6.41. The van der Waals surface area contributed by atoms with Gasteiger partial charge in [0.1, 0.15) is 10.7 Å². The van der Waals surface area contributed by atoms with Crippen molar-refractivity contribution in [3.63, 3.8) is 0 Å². The fourth-order valence-corrected chi connectivity index (χ4v) is 5.26. The summed E-state index contributed by atoms with van der Waals surface area (Å²) in [5.41, 5.74) is 5.68. The van der Waals surface area contributed by atoms with Gasteiger partial charge in [-0.15, -0.1) is 0 Å². The zero-order valence-corrected chi connectivity index (χ0v) is 13.1. The molecule has 100 valence electrons. The van der Waals surface area contributed by atoms with Gasteiger partial charge in [-0.25, -0.2) is 13.4 Å². The highest BCUT2D eigenvalue weighted by molar-refractivity contribution is 9.10. The van der Waals surface area contributed by atoms with E-state index in [1.54, 1.807) is 11.8 Å². The number of nitrogens with two attached hydrogens (primary N) is 1. The third kappa shape index (κ3) is 2.66. The Hall–Kier alpha value is -0.310.